The minimum atomic E-state index is -0.124. The van der Waals surface area contributed by atoms with Crippen molar-refractivity contribution in [2.75, 3.05) is 18.4 Å². The summed E-state index contributed by atoms with van der Waals surface area (Å²) in [5.74, 6) is 0.970. The Morgan fingerprint density at radius 2 is 1.87 bits per heavy atom. The highest BCUT2D eigenvalue weighted by molar-refractivity contribution is 6.31. The highest BCUT2D eigenvalue weighted by atomic mass is 35.5. The molecule has 122 valence electrons. The Balaban J connectivity index is 1.81. The molecule has 1 aliphatic carbocycles. The van der Waals surface area contributed by atoms with Crippen LogP contribution >= 0.6 is 11.6 Å². The Labute approximate surface area is 141 Å². The number of allylic oxidation sites excluding steroid dienone is 2. The Morgan fingerprint density at radius 3 is 2.48 bits per heavy atom. The van der Waals surface area contributed by atoms with Crippen molar-refractivity contribution < 1.29 is 9.59 Å². The lowest BCUT2D eigenvalue weighted by molar-refractivity contribution is -0.115. The van der Waals surface area contributed by atoms with Gasteiger partial charge >= 0.3 is 0 Å². The third kappa shape index (κ3) is 3.42. The Bertz CT molecular complexity index is 640. The Morgan fingerprint density at radius 1 is 1.22 bits per heavy atom. The molecule has 1 saturated heterocycles. The average Bonchev–Trinajstić information content (AvgIpc) is 2.98. The fraction of sp³-hybridized carbons (Fsp3) is 0.444. The summed E-state index contributed by atoms with van der Waals surface area (Å²) in [6.07, 6.45) is 6.89. The molecule has 1 aliphatic heterocycles. The number of nitrogens with one attached hydrogen (secondary N) is 1. The molecule has 0 radical (unpaired) electrons. The largest absolute Gasteiger partial charge is 0.338 e. The second-order valence-corrected chi connectivity index (χ2v) is 6.70. The molecular formula is C18H21ClN2O2. The van der Waals surface area contributed by atoms with E-state index in [1.165, 1.54) is 0 Å². The number of rotatable bonds is 3. The minimum Gasteiger partial charge on any atom is -0.338 e. The van der Waals surface area contributed by atoms with Crippen LogP contribution in [0.2, 0.25) is 5.02 Å². The number of benzene rings is 1. The van der Waals surface area contributed by atoms with Crippen molar-refractivity contribution >= 4 is 29.1 Å². The van der Waals surface area contributed by atoms with Crippen molar-refractivity contribution in [2.24, 2.45) is 11.8 Å². The van der Waals surface area contributed by atoms with Crippen LogP contribution in [0.1, 0.15) is 36.5 Å². The number of likely N-dealkylation sites (tertiary alicyclic amines) is 1. The number of carbonyl (C=O) groups is 2. The number of amides is 2. The Kier molecular flexibility index (Phi) is 4.71. The lowest BCUT2D eigenvalue weighted by Crippen LogP contribution is -2.30. The van der Waals surface area contributed by atoms with E-state index in [2.05, 4.69) is 17.5 Å². The standard InChI is InChI=1S/C18H21ClN2O2/c1-2-17(22)20-16-9-14(19)7-8-15(16)18(23)21-10-12-5-3-4-6-13(12)11-21/h3-4,7-9,12-13H,2,5-6,10-11H2,1H3,(H,20,22)/t12-,13+. The monoisotopic (exact) mass is 332 g/mol. The molecule has 0 saturated carbocycles. The molecule has 4 nitrogen and oxygen atoms in total. The summed E-state index contributed by atoms with van der Waals surface area (Å²) in [4.78, 5) is 26.5. The first-order chi connectivity index (χ1) is 11.1. The minimum absolute atomic E-state index is 0.0255. The van der Waals surface area contributed by atoms with E-state index in [-0.39, 0.29) is 11.8 Å². The lowest BCUT2D eigenvalue weighted by Gasteiger charge is -2.19. The van der Waals surface area contributed by atoms with Crippen LogP contribution in [0.25, 0.3) is 0 Å². The van der Waals surface area contributed by atoms with Gasteiger partial charge in [0.25, 0.3) is 5.91 Å². The van der Waals surface area contributed by atoms with Gasteiger partial charge in [0.1, 0.15) is 0 Å². The first-order valence-electron chi connectivity index (χ1n) is 8.12. The van der Waals surface area contributed by atoms with E-state index >= 15 is 0 Å². The molecule has 0 spiro atoms. The highest BCUT2D eigenvalue weighted by Gasteiger charge is 2.35. The molecule has 2 aliphatic rings. The molecule has 1 aromatic carbocycles. The summed E-state index contributed by atoms with van der Waals surface area (Å²) in [7, 11) is 0. The lowest BCUT2D eigenvalue weighted by atomic mass is 9.86. The third-order valence-electron chi connectivity index (χ3n) is 4.72. The number of nitrogens with zero attached hydrogens (tertiary/aromatic N) is 1. The molecule has 5 heteroatoms. The fourth-order valence-electron chi connectivity index (χ4n) is 3.40. The van der Waals surface area contributed by atoms with Gasteiger partial charge in [0.2, 0.25) is 5.91 Å². The molecule has 1 heterocycles. The zero-order valence-corrected chi connectivity index (χ0v) is 14.0. The van der Waals surface area contributed by atoms with Crippen LogP contribution < -0.4 is 5.32 Å². The van der Waals surface area contributed by atoms with Crippen LogP contribution in [0, 0.1) is 11.8 Å². The molecule has 1 aromatic rings. The molecule has 0 aromatic heterocycles. The SMILES string of the molecule is CCC(=O)Nc1cc(Cl)ccc1C(=O)N1C[C@H]2CC=CC[C@H]2C1. The van der Waals surface area contributed by atoms with Gasteiger partial charge in [0.15, 0.2) is 0 Å². The van der Waals surface area contributed by atoms with Gasteiger partial charge in [-0.2, -0.15) is 0 Å². The van der Waals surface area contributed by atoms with Gasteiger partial charge in [-0.15, -0.1) is 0 Å². The zero-order valence-electron chi connectivity index (χ0n) is 13.2. The van der Waals surface area contributed by atoms with E-state index < -0.39 is 0 Å². The van der Waals surface area contributed by atoms with Crippen molar-refractivity contribution in [3.05, 3.63) is 40.9 Å². The molecular weight excluding hydrogens is 312 g/mol. The zero-order chi connectivity index (χ0) is 16.4. The van der Waals surface area contributed by atoms with Gasteiger partial charge in [0.05, 0.1) is 11.3 Å². The van der Waals surface area contributed by atoms with Gasteiger partial charge < -0.3 is 10.2 Å². The maximum absolute atomic E-state index is 12.9. The number of carbonyl (C=O) groups excluding carboxylic acids is 2. The highest BCUT2D eigenvalue weighted by Crippen LogP contribution is 2.34. The van der Waals surface area contributed by atoms with Crippen LogP contribution in [0.5, 0.6) is 0 Å². The van der Waals surface area contributed by atoms with Crippen LogP contribution in [-0.4, -0.2) is 29.8 Å². The number of hydrogen-bond acceptors (Lipinski definition) is 2. The predicted octanol–water partition coefficient (Wildman–Crippen LogP) is 3.73. The second kappa shape index (κ2) is 6.75. The molecule has 2 atom stereocenters. The summed E-state index contributed by atoms with van der Waals surface area (Å²) in [6, 6.07) is 5.05. The molecule has 0 unspecified atom stereocenters. The molecule has 3 rings (SSSR count). The maximum atomic E-state index is 12.9. The number of halogens is 1. The van der Waals surface area contributed by atoms with Gasteiger partial charge in [0, 0.05) is 24.5 Å². The van der Waals surface area contributed by atoms with Crippen LogP contribution in [0.3, 0.4) is 0 Å². The predicted molar refractivity (Wildman–Crippen MR) is 91.6 cm³/mol. The van der Waals surface area contributed by atoms with Gasteiger partial charge in [-0.05, 0) is 42.9 Å². The average molecular weight is 333 g/mol. The molecule has 2 amide bonds. The quantitative estimate of drug-likeness (QED) is 0.857. The third-order valence-corrected chi connectivity index (χ3v) is 4.95. The number of hydrogen-bond donors (Lipinski definition) is 1. The van der Waals surface area contributed by atoms with Gasteiger partial charge in [-0.25, -0.2) is 0 Å². The first-order valence-corrected chi connectivity index (χ1v) is 8.50. The van der Waals surface area contributed by atoms with Crippen LogP contribution in [0.4, 0.5) is 5.69 Å². The smallest absolute Gasteiger partial charge is 0.255 e. The van der Waals surface area contributed by atoms with Crippen molar-refractivity contribution in [1.82, 2.24) is 4.90 Å². The van der Waals surface area contributed by atoms with Gasteiger partial charge in [-0.3, -0.25) is 9.59 Å². The second-order valence-electron chi connectivity index (χ2n) is 6.26. The molecule has 1 fully saturated rings. The summed E-state index contributed by atoms with van der Waals surface area (Å²) in [5.41, 5.74) is 1.02. The van der Waals surface area contributed by atoms with E-state index in [0.717, 1.165) is 25.9 Å². The maximum Gasteiger partial charge on any atom is 0.255 e. The first kappa shape index (κ1) is 16.1. The fourth-order valence-corrected chi connectivity index (χ4v) is 3.57. The molecule has 1 N–H and O–H groups in total. The van der Waals surface area contributed by atoms with Crippen molar-refractivity contribution in [1.29, 1.82) is 0 Å². The van der Waals surface area contributed by atoms with E-state index in [0.29, 0.717) is 34.5 Å². The molecule has 0 bridgehead atoms. The number of fused-ring (bicyclic) bond motifs is 1. The number of anilines is 1. The summed E-state index contributed by atoms with van der Waals surface area (Å²) < 4.78 is 0. The Hall–Kier alpha value is -1.81. The van der Waals surface area contributed by atoms with Crippen LogP contribution in [-0.2, 0) is 4.79 Å². The molecule has 23 heavy (non-hydrogen) atoms. The topological polar surface area (TPSA) is 49.4 Å². The normalized spacial score (nSPS) is 22.8. The summed E-state index contributed by atoms with van der Waals surface area (Å²) in [6.45, 7) is 3.36. The van der Waals surface area contributed by atoms with E-state index in [1.54, 1.807) is 25.1 Å². The van der Waals surface area contributed by atoms with Gasteiger partial charge in [-0.1, -0.05) is 30.7 Å². The van der Waals surface area contributed by atoms with Crippen molar-refractivity contribution in [3.8, 4) is 0 Å². The van der Waals surface area contributed by atoms with Crippen molar-refractivity contribution in [3.63, 3.8) is 0 Å². The van der Waals surface area contributed by atoms with E-state index in [9.17, 15) is 9.59 Å². The van der Waals surface area contributed by atoms with Crippen LogP contribution in [0.15, 0.2) is 30.4 Å². The summed E-state index contributed by atoms with van der Waals surface area (Å²) >= 11 is 6.02. The van der Waals surface area contributed by atoms with E-state index in [1.807, 2.05) is 4.90 Å². The summed E-state index contributed by atoms with van der Waals surface area (Å²) in [5, 5.41) is 3.29. The van der Waals surface area contributed by atoms with Crippen molar-refractivity contribution in [2.45, 2.75) is 26.2 Å². The van der Waals surface area contributed by atoms with E-state index in [4.69, 9.17) is 11.6 Å².